The second kappa shape index (κ2) is 10.9. The van der Waals surface area contributed by atoms with Crippen LogP contribution in [0.4, 0.5) is 10.1 Å². The Hall–Kier alpha value is -4.76. The number of rotatable bonds is 6. The van der Waals surface area contributed by atoms with E-state index in [9.17, 15) is 23.9 Å². The first-order valence-electron chi connectivity index (χ1n) is 15.2. The number of fused-ring (bicyclic) bond motifs is 4. The number of likely N-dealkylation sites (tertiary alicyclic amines) is 1. The number of amides is 4. The van der Waals surface area contributed by atoms with Gasteiger partial charge in [-0.25, -0.2) is 4.39 Å². The molecule has 0 bridgehead atoms. The van der Waals surface area contributed by atoms with Gasteiger partial charge in [0.1, 0.15) is 11.6 Å². The summed E-state index contributed by atoms with van der Waals surface area (Å²) in [6.07, 6.45) is 4.37. The Morgan fingerprint density at radius 2 is 1.72 bits per heavy atom. The first-order chi connectivity index (χ1) is 22.1. The molecule has 3 aromatic carbocycles. The highest BCUT2D eigenvalue weighted by atomic mass is 35.5. The van der Waals surface area contributed by atoms with Crippen molar-refractivity contribution in [2.45, 2.75) is 30.6 Å². The third-order valence-corrected chi connectivity index (χ3v) is 10.6. The number of para-hydroxylation sites is 1. The van der Waals surface area contributed by atoms with Crippen molar-refractivity contribution in [3.8, 4) is 5.75 Å². The van der Waals surface area contributed by atoms with Crippen molar-refractivity contribution in [2.75, 3.05) is 12.5 Å². The molecule has 3 fully saturated rings. The zero-order valence-corrected chi connectivity index (χ0v) is 25.7. The number of allylic oxidation sites excluding steroid dienone is 3. The minimum atomic E-state index is -1.56. The minimum Gasteiger partial charge on any atom is -0.507 e. The van der Waals surface area contributed by atoms with Crippen molar-refractivity contribution in [1.29, 1.82) is 0 Å². The molecule has 46 heavy (non-hydrogen) atoms. The molecule has 8 nitrogen and oxygen atoms in total. The van der Waals surface area contributed by atoms with Crippen LogP contribution >= 0.6 is 11.6 Å². The number of hydrogen-bond donors (Lipinski definition) is 2. The van der Waals surface area contributed by atoms with Crippen molar-refractivity contribution in [3.63, 3.8) is 0 Å². The lowest BCUT2D eigenvalue weighted by atomic mass is 9.49. The van der Waals surface area contributed by atoms with Crippen molar-refractivity contribution in [1.82, 2.24) is 9.91 Å². The first-order valence-corrected chi connectivity index (χ1v) is 15.6. The second-order valence-corrected chi connectivity index (χ2v) is 12.9. The van der Waals surface area contributed by atoms with E-state index >= 15 is 4.79 Å². The predicted molar refractivity (Wildman–Crippen MR) is 169 cm³/mol. The Balaban J connectivity index is 1.49. The Morgan fingerprint density at radius 3 is 2.41 bits per heavy atom. The molecule has 2 saturated heterocycles. The van der Waals surface area contributed by atoms with Gasteiger partial charge in [0.2, 0.25) is 11.8 Å². The molecular formula is C36H31ClFN3O5. The normalized spacial score (nSPS) is 28.5. The number of hydrazine groups is 1. The fraction of sp³-hybridized carbons (Fsp3) is 0.278. The zero-order chi connectivity index (χ0) is 32.5. The summed E-state index contributed by atoms with van der Waals surface area (Å²) in [7, 11) is 1.48. The van der Waals surface area contributed by atoms with Crippen molar-refractivity contribution in [2.24, 2.45) is 23.7 Å². The number of carbonyl (C=O) groups excluding carboxylic acids is 4. The first kappa shape index (κ1) is 29.9. The van der Waals surface area contributed by atoms with Gasteiger partial charge in [-0.1, -0.05) is 59.7 Å². The topological polar surface area (TPSA) is 107 Å². The number of carbonyl (C=O) groups is 4. The molecule has 3 aromatic rings. The van der Waals surface area contributed by atoms with E-state index in [1.807, 2.05) is 6.08 Å². The van der Waals surface area contributed by atoms with E-state index in [0.29, 0.717) is 33.8 Å². The maximum absolute atomic E-state index is 15.1. The molecule has 1 saturated carbocycles. The van der Waals surface area contributed by atoms with Gasteiger partial charge in [0.05, 0.1) is 28.9 Å². The number of imide groups is 2. The Kier molecular flexibility index (Phi) is 7.12. The van der Waals surface area contributed by atoms with Gasteiger partial charge in [-0.2, -0.15) is 5.01 Å². The quantitative estimate of drug-likeness (QED) is 0.272. The van der Waals surface area contributed by atoms with Crippen LogP contribution < -0.4 is 5.43 Å². The minimum absolute atomic E-state index is 0.0284. The van der Waals surface area contributed by atoms with Gasteiger partial charge in [-0.05, 0) is 72.7 Å². The van der Waals surface area contributed by atoms with E-state index in [-0.39, 0.29) is 30.4 Å². The number of hydrogen-bond acceptors (Lipinski definition) is 6. The van der Waals surface area contributed by atoms with Crippen molar-refractivity contribution < 1.29 is 28.7 Å². The number of benzene rings is 3. The van der Waals surface area contributed by atoms with Crippen molar-refractivity contribution >= 4 is 40.9 Å². The van der Waals surface area contributed by atoms with Gasteiger partial charge in [0, 0.05) is 23.6 Å². The van der Waals surface area contributed by atoms with Gasteiger partial charge >= 0.3 is 0 Å². The largest absolute Gasteiger partial charge is 0.507 e. The molecule has 6 atom stereocenters. The van der Waals surface area contributed by atoms with Gasteiger partial charge in [-0.3, -0.25) is 29.5 Å². The average molecular weight is 640 g/mol. The van der Waals surface area contributed by atoms with E-state index in [1.165, 1.54) is 31.3 Å². The Bertz CT molecular complexity index is 1840. The van der Waals surface area contributed by atoms with E-state index in [2.05, 4.69) is 12.0 Å². The smallest absolute Gasteiger partial charge is 0.260 e. The zero-order valence-electron chi connectivity index (χ0n) is 25.0. The summed E-state index contributed by atoms with van der Waals surface area (Å²) in [5.74, 6) is -5.85. The van der Waals surface area contributed by atoms with Crippen LogP contribution in [0.5, 0.6) is 5.75 Å². The maximum atomic E-state index is 15.1. The van der Waals surface area contributed by atoms with Gasteiger partial charge < -0.3 is 5.11 Å². The number of halogens is 2. The average Bonchev–Trinajstić information content (AvgIpc) is 3.40. The summed E-state index contributed by atoms with van der Waals surface area (Å²) in [6.45, 7) is 3.82. The summed E-state index contributed by atoms with van der Waals surface area (Å²) in [6, 6.07) is 17.4. The molecular weight excluding hydrogens is 609 g/mol. The second-order valence-electron chi connectivity index (χ2n) is 12.5. The fourth-order valence-corrected chi connectivity index (χ4v) is 8.45. The van der Waals surface area contributed by atoms with Crippen LogP contribution in [0.2, 0.25) is 5.02 Å². The summed E-state index contributed by atoms with van der Waals surface area (Å²) in [5, 5.41) is 13.2. The molecule has 10 heteroatoms. The summed E-state index contributed by atoms with van der Waals surface area (Å²) < 4.78 is 13.8. The third kappa shape index (κ3) is 4.17. The van der Waals surface area contributed by atoms with Gasteiger partial charge in [0.25, 0.3) is 11.8 Å². The molecule has 234 valence electrons. The Morgan fingerprint density at radius 1 is 1.00 bits per heavy atom. The number of aromatic hydroxyl groups is 1. The number of phenolic OH excluding ortho intramolecular Hbond substituents is 1. The molecule has 2 aliphatic heterocycles. The van der Waals surface area contributed by atoms with Gasteiger partial charge in [-0.15, -0.1) is 6.58 Å². The van der Waals surface area contributed by atoms with Crippen LogP contribution in [0, 0.1) is 29.5 Å². The fourth-order valence-electron chi connectivity index (χ4n) is 8.32. The number of nitrogens with one attached hydrogen (secondary N) is 1. The maximum Gasteiger partial charge on any atom is 0.260 e. The Labute approximate surface area is 270 Å². The van der Waals surface area contributed by atoms with Crippen molar-refractivity contribution in [3.05, 3.63) is 119 Å². The lowest BCUT2D eigenvalue weighted by Gasteiger charge is -2.50. The molecule has 4 amide bonds. The van der Waals surface area contributed by atoms with E-state index in [4.69, 9.17) is 11.6 Å². The van der Waals surface area contributed by atoms with Crippen LogP contribution in [0.3, 0.4) is 0 Å². The highest BCUT2D eigenvalue weighted by Crippen LogP contribution is 2.65. The van der Waals surface area contributed by atoms with E-state index in [0.717, 1.165) is 15.5 Å². The van der Waals surface area contributed by atoms with Crippen LogP contribution in [-0.4, -0.2) is 45.7 Å². The number of nitrogens with zero attached hydrogens (tertiary/aromatic N) is 2. The molecule has 2 aliphatic carbocycles. The number of anilines is 1. The monoisotopic (exact) mass is 639 g/mol. The molecule has 4 aliphatic rings. The van der Waals surface area contributed by atoms with Crippen LogP contribution in [0.1, 0.15) is 35.4 Å². The molecule has 2 heterocycles. The lowest BCUT2D eigenvalue weighted by molar-refractivity contribution is -0.140. The van der Waals surface area contributed by atoms with E-state index in [1.54, 1.807) is 48.5 Å². The summed E-state index contributed by atoms with van der Waals surface area (Å²) >= 11 is 6.31. The molecule has 0 radical (unpaired) electrons. The SMILES string of the molecule is C=CCc1cccc(C2C3=CCC4C(=O)N(C)C(=O)C4C3CC3C(=O)N(Nc4ccc(F)cc4)C(=O)C32c2ccc(Cl)cc2)c1O. The molecule has 6 unspecified atom stereocenters. The summed E-state index contributed by atoms with van der Waals surface area (Å²) in [5.41, 5.74) is 3.97. The third-order valence-electron chi connectivity index (χ3n) is 10.3. The van der Waals surface area contributed by atoms with Gasteiger partial charge in [0.15, 0.2) is 0 Å². The molecule has 0 spiro atoms. The molecule has 0 aromatic heterocycles. The highest BCUT2D eigenvalue weighted by molar-refractivity contribution is 6.30. The summed E-state index contributed by atoms with van der Waals surface area (Å²) in [4.78, 5) is 57.6. The predicted octanol–water partition coefficient (Wildman–Crippen LogP) is 5.53. The lowest BCUT2D eigenvalue weighted by Crippen LogP contribution is -2.53. The standard InChI is InChI=1S/C36H31ClFN3O5/c1-3-5-19-6-4-7-26(31(19)42)30-24-16-17-25-29(34(45)40(2)32(25)43)27(24)18-28-33(44)41(39-23-14-12-22(38)13-15-23)35(46)36(28,30)20-8-10-21(37)11-9-20/h3-4,6-16,25,27-30,39,42H,1,5,17-18H2,2H3. The molecule has 7 rings (SSSR count). The van der Waals surface area contributed by atoms with E-state index < -0.39 is 52.6 Å². The van der Waals surface area contributed by atoms with Crippen LogP contribution in [0.15, 0.2) is 91.0 Å². The molecule has 2 N–H and O–H groups in total. The van der Waals surface area contributed by atoms with Crippen LogP contribution in [-0.2, 0) is 31.0 Å². The number of phenols is 1. The highest BCUT2D eigenvalue weighted by Gasteiger charge is 2.70. The van der Waals surface area contributed by atoms with Crippen LogP contribution in [0.25, 0.3) is 0 Å².